The second-order valence-corrected chi connectivity index (χ2v) is 9.12. The third-order valence-corrected chi connectivity index (χ3v) is 6.75. The first-order valence-corrected chi connectivity index (χ1v) is 14.1. The van der Waals surface area contributed by atoms with Crippen LogP contribution in [0.15, 0.2) is 6.33 Å². The highest BCUT2D eigenvalue weighted by molar-refractivity contribution is 7.18. The third kappa shape index (κ3) is 10.8. The molecular formula is C26H46N4O4S. The van der Waals surface area contributed by atoms with Crippen LogP contribution in [0.1, 0.15) is 83.6 Å². The first-order valence-electron chi connectivity index (χ1n) is 13.2. The minimum atomic E-state index is -1.01. The number of carbonyl (C=O) groups is 1. The fourth-order valence-corrected chi connectivity index (χ4v) is 5.07. The van der Waals surface area contributed by atoms with Crippen LogP contribution in [-0.2, 0) is 22.4 Å². The summed E-state index contributed by atoms with van der Waals surface area (Å²) in [5, 5.41) is 12.5. The predicted molar refractivity (Wildman–Crippen MR) is 144 cm³/mol. The van der Waals surface area contributed by atoms with Crippen molar-refractivity contribution in [2.45, 2.75) is 98.2 Å². The Hall–Kier alpha value is -1.81. The Morgan fingerprint density at radius 1 is 1.11 bits per heavy atom. The number of aliphatic hydroxyl groups excluding tert-OH is 1. The molecule has 0 aromatic carbocycles. The number of nitrogens with one attached hydrogen (secondary N) is 1. The van der Waals surface area contributed by atoms with Crippen molar-refractivity contribution in [3.05, 3.63) is 16.8 Å². The molecule has 5 rings (SSSR count). The van der Waals surface area contributed by atoms with Gasteiger partial charge in [0, 0.05) is 18.0 Å². The van der Waals surface area contributed by atoms with Gasteiger partial charge in [0.1, 0.15) is 23.4 Å². The first kappa shape index (κ1) is 31.2. The molecule has 1 aliphatic heterocycles. The van der Waals surface area contributed by atoms with Crippen molar-refractivity contribution >= 4 is 27.5 Å². The number of thiophene rings is 1. The number of aromatic nitrogens is 2. The molecule has 1 unspecified atom stereocenters. The molecule has 8 nitrogen and oxygen atoms in total. The van der Waals surface area contributed by atoms with E-state index in [-0.39, 0.29) is 0 Å². The number of hydrogen-bond acceptors (Lipinski definition) is 8. The van der Waals surface area contributed by atoms with Gasteiger partial charge in [0.2, 0.25) is 11.8 Å². The molecule has 2 aromatic heterocycles. The molecule has 2 aromatic rings. The number of carbonyl (C=O) groups excluding carboxylic acids is 1. The van der Waals surface area contributed by atoms with Gasteiger partial charge >= 0.3 is 0 Å². The van der Waals surface area contributed by atoms with Crippen molar-refractivity contribution in [2.24, 2.45) is 5.73 Å². The van der Waals surface area contributed by atoms with E-state index >= 15 is 0 Å². The van der Waals surface area contributed by atoms with Crippen LogP contribution in [0.3, 0.4) is 0 Å². The number of hydrogen-bond donors (Lipinski definition) is 3. The lowest BCUT2D eigenvalue weighted by Gasteiger charge is -2.22. The van der Waals surface area contributed by atoms with Crippen LogP contribution in [0, 0.1) is 0 Å². The maximum Gasteiger partial charge on any atom is 0.245 e. The molecule has 4 N–H and O–H groups in total. The van der Waals surface area contributed by atoms with Crippen LogP contribution in [0.25, 0.3) is 10.2 Å². The van der Waals surface area contributed by atoms with Gasteiger partial charge in [-0.15, -0.1) is 11.3 Å². The fraction of sp³-hybridized carbons (Fsp3) is 0.731. The quantitative estimate of drug-likeness (QED) is 0.560. The highest BCUT2D eigenvalue weighted by atomic mass is 32.1. The fourth-order valence-electron chi connectivity index (χ4n) is 3.85. The minimum absolute atomic E-state index is 0.365. The lowest BCUT2D eigenvalue weighted by molar-refractivity contribution is -0.125. The minimum Gasteiger partial charge on any atom is -0.474 e. The zero-order valence-electron chi connectivity index (χ0n) is 22.3. The molecule has 1 saturated heterocycles. The predicted octanol–water partition coefficient (Wildman–Crippen LogP) is 4.40. The second-order valence-electron chi connectivity index (χ2n) is 8.03. The summed E-state index contributed by atoms with van der Waals surface area (Å²) in [6.45, 7) is 13.2. The largest absolute Gasteiger partial charge is 0.474 e. The number of morpholine rings is 1. The highest BCUT2D eigenvalue weighted by Crippen LogP contribution is 2.40. The van der Waals surface area contributed by atoms with Gasteiger partial charge in [0.15, 0.2) is 0 Å². The average Bonchev–Trinajstić information content (AvgIpc) is 3.51. The first-order chi connectivity index (χ1) is 17.1. The molecule has 9 heteroatoms. The summed E-state index contributed by atoms with van der Waals surface area (Å²) < 4.78 is 11.2. The Morgan fingerprint density at radius 3 is 2.26 bits per heavy atom. The lowest BCUT2D eigenvalue weighted by Crippen LogP contribution is -2.30. The standard InChI is InChI=1S/C15H18N2OS.C4H9NO.C3H7NO2.2C2H6/c1-2-5-10(6-3-1)18-14-13-11-7-4-8-12(11)19-15(13)17-9-16-14;1-3-6-4-2-5-1;1-2(5)3(4)6;2*1-2/h9-10H,1-8H2;5H,1-4H2;2,5H,1H3,(H2,4,6);2*1-2H3. The molecule has 2 aliphatic carbocycles. The number of fused-ring (bicyclic) bond motifs is 3. The van der Waals surface area contributed by atoms with E-state index in [1.165, 1.54) is 74.1 Å². The summed E-state index contributed by atoms with van der Waals surface area (Å²) in [6.07, 6.45) is 11.0. The van der Waals surface area contributed by atoms with Gasteiger partial charge in [-0.2, -0.15) is 0 Å². The van der Waals surface area contributed by atoms with E-state index < -0.39 is 12.0 Å². The van der Waals surface area contributed by atoms with Crippen molar-refractivity contribution < 1.29 is 19.4 Å². The smallest absolute Gasteiger partial charge is 0.245 e. The molecule has 0 spiro atoms. The second kappa shape index (κ2) is 18.5. The van der Waals surface area contributed by atoms with Crippen molar-refractivity contribution in [3.63, 3.8) is 0 Å². The van der Waals surface area contributed by atoms with Crippen LogP contribution in [-0.4, -0.2) is 59.5 Å². The topological polar surface area (TPSA) is 120 Å². The van der Waals surface area contributed by atoms with Crippen LogP contribution < -0.4 is 15.8 Å². The molecule has 200 valence electrons. The van der Waals surface area contributed by atoms with E-state index in [1.807, 2.05) is 39.0 Å². The molecule has 1 saturated carbocycles. The number of aliphatic hydroxyl groups is 1. The molecule has 2 fully saturated rings. The molecule has 1 atom stereocenters. The average molecular weight is 511 g/mol. The van der Waals surface area contributed by atoms with Crippen LogP contribution in [0.5, 0.6) is 5.88 Å². The SMILES string of the molecule is C1COCCN1.CC.CC.CC(O)C(N)=O.c1nc(OC2CCCCC2)c2c3c(sc2n1)CCC3. The lowest BCUT2D eigenvalue weighted by atomic mass is 9.98. The van der Waals surface area contributed by atoms with Gasteiger partial charge in [-0.1, -0.05) is 34.1 Å². The molecule has 3 heterocycles. The summed E-state index contributed by atoms with van der Waals surface area (Å²) >= 11 is 1.83. The van der Waals surface area contributed by atoms with Crippen LogP contribution >= 0.6 is 11.3 Å². The van der Waals surface area contributed by atoms with E-state index in [4.69, 9.17) is 14.6 Å². The van der Waals surface area contributed by atoms with Gasteiger partial charge in [-0.05, 0) is 57.4 Å². The van der Waals surface area contributed by atoms with Gasteiger partial charge in [0.25, 0.3) is 0 Å². The number of ether oxygens (including phenoxy) is 2. The molecule has 0 radical (unpaired) electrons. The number of nitrogens with two attached hydrogens (primary N) is 1. The van der Waals surface area contributed by atoms with Crippen molar-refractivity contribution in [1.82, 2.24) is 15.3 Å². The molecule has 1 amide bonds. The van der Waals surface area contributed by atoms with Gasteiger partial charge in [-0.25, -0.2) is 9.97 Å². The number of primary amides is 1. The van der Waals surface area contributed by atoms with Crippen molar-refractivity contribution in [1.29, 1.82) is 0 Å². The Balaban J connectivity index is 0.000000318. The zero-order chi connectivity index (χ0) is 26.1. The number of aryl methyl sites for hydroxylation is 2. The van der Waals surface area contributed by atoms with E-state index in [0.29, 0.717) is 6.10 Å². The van der Waals surface area contributed by atoms with Gasteiger partial charge in [-0.3, -0.25) is 4.79 Å². The van der Waals surface area contributed by atoms with Crippen molar-refractivity contribution in [2.75, 3.05) is 26.3 Å². The number of amides is 1. The van der Waals surface area contributed by atoms with E-state index in [9.17, 15) is 4.79 Å². The molecule has 3 aliphatic rings. The monoisotopic (exact) mass is 510 g/mol. The van der Waals surface area contributed by atoms with Crippen LogP contribution in [0.4, 0.5) is 0 Å². The third-order valence-electron chi connectivity index (χ3n) is 5.56. The molecular weight excluding hydrogens is 464 g/mol. The molecule has 0 bridgehead atoms. The summed E-state index contributed by atoms with van der Waals surface area (Å²) in [5.74, 6) is 0.159. The summed E-state index contributed by atoms with van der Waals surface area (Å²) in [5.41, 5.74) is 6.01. The molecule has 35 heavy (non-hydrogen) atoms. The summed E-state index contributed by atoms with van der Waals surface area (Å²) in [6, 6.07) is 0. The van der Waals surface area contributed by atoms with E-state index in [2.05, 4.69) is 21.0 Å². The van der Waals surface area contributed by atoms with Crippen LogP contribution in [0.2, 0.25) is 0 Å². The number of rotatable bonds is 3. The van der Waals surface area contributed by atoms with Gasteiger partial charge < -0.3 is 25.6 Å². The van der Waals surface area contributed by atoms with E-state index in [0.717, 1.165) is 37.0 Å². The number of nitrogens with zero attached hydrogens (tertiary/aromatic N) is 2. The maximum atomic E-state index is 9.67. The van der Waals surface area contributed by atoms with Gasteiger partial charge in [0.05, 0.1) is 18.6 Å². The van der Waals surface area contributed by atoms with Crippen molar-refractivity contribution in [3.8, 4) is 5.88 Å². The Morgan fingerprint density at radius 2 is 1.74 bits per heavy atom. The Labute approximate surface area is 215 Å². The highest BCUT2D eigenvalue weighted by Gasteiger charge is 2.24. The van der Waals surface area contributed by atoms with E-state index in [1.54, 1.807) is 6.33 Å². The maximum absolute atomic E-state index is 9.67. The Bertz CT molecular complexity index is 823. The summed E-state index contributed by atoms with van der Waals surface area (Å²) in [4.78, 5) is 21.1. The Kier molecular flexibility index (Phi) is 16.5. The zero-order valence-corrected chi connectivity index (χ0v) is 23.1. The normalized spacial score (nSPS) is 17.5. The summed E-state index contributed by atoms with van der Waals surface area (Å²) in [7, 11) is 0.